The zero-order valence-corrected chi connectivity index (χ0v) is 19.6. The summed E-state index contributed by atoms with van der Waals surface area (Å²) in [6.07, 6.45) is 8.44. The molecule has 1 heterocycles. The molecule has 0 radical (unpaired) electrons. The Labute approximate surface area is 186 Å². The molecule has 0 bridgehead atoms. The summed E-state index contributed by atoms with van der Waals surface area (Å²) in [5.74, 6) is 0.715. The van der Waals surface area contributed by atoms with Gasteiger partial charge in [0.15, 0.2) is 5.96 Å². The molecular formula is C22H35FIN3O. The lowest BCUT2D eigenvalue weighted by Gasteiger charge is -2.39. The van der Waals surface area contributed by atoms with Gasteiger partial charge in [-0.3, -0.25) is 4.99 Å². The first-order valence-electron chi connectivity index (χ1n) is 9.98. The minimum absolute atomic E-state index is 0. The predicted molar refractivity (Wildman–Crippen MR) is 126 cm³/mol. The van der Waals surface area contributed by atoms with E-state index in [0.29, 0.717) is 0 Å². The summed E-state index contributed by atoms with van der Waals surface area (Å²) >= 11 is 0. The number of rotatable bonds is 9. The molecule has 0 amide bonds. The molecule has 1 N–H and O–H groups in total. The predicted octanol–water partition coefficient (Wildman–Crippen LogP) is 4.75. The van der Waals surface area contributed by atoms with Crippen molar-refractivity contribution in [3.05, 3.63) is 48.3 Å². The molecule has 1 aliphatic heterocycles. The highest BCUT2D eigenvalue weighted by molar-refractivity contribution is 14.0. The lowest BCUT2D eigenvalue weighted by molar-refractivity contribution is 0.0512. The summed E-state index contributed by atoms with van der Waals surface area (Å²) < 4.78 is 19.0. The molecule has 1 saturated heterocycles. The van der Waals surface area contributed by atoms with E-state index in [4.69, 9.17) is 4.74 Å². The SMILES string of the molecule is C=CCCCCCN(C)C(=NC)NCC1(c2ccc(F)cc2)CCOCC1.I. The van der Waals surface area contributed by atoms with Crippen molar-refractivity contribution >= 4 is 29.9 Å². The summed E-state index contributed by atoms with van der Waals surface area (Å²) in [7, 11) is 3.91. The van der Waals surface area contributed by atoms with Crippen LogP contribution in [-0.4, -0.2) is 51.3 Å². The molecule has 28 heavy (non-hydrogen) atoms. The van der Waals surface area contributed by atoms with Crippen LogP contribution >= 0.6 is 24.0 Å². The topological polar surface area (TPSA) is 36.9 Å². The third kappa shape index (κ3) is 7.35. The molecule has 1 fully saturated rings. The number of halogens is 2. The van der Waals surface area contributed by atoms with Crippen LogP contribution in [0.25, 0.3) is 0 Å². The van der Waals surface area contributed by atoms with Crippen molar-refractivity contribution < 1.29 is 9.13 Å². The normalized spacial score (nSPS) is 16.2. The molecule has 6 heteroatoms. The van der Waals surface area contributed by atoms with Gasteiger partial charge in [0.2, 0.25) is 0 Å². The first-order chi connectivity index (χ1) is 13.1. The fourth-order valence-corrected chi connectivity index (χ4v) is 3.69. The summed E-state index contributed by atoms with van der Waals surface area (Å²) in [4.78, 5) is 6.64. The maximum absolute atomic E-state index is 13.4. The first-order valence-corrected chi connectivity index (χ1v) is 9.98. The fourth-order valence-electron chi connectivity index (χ4n) is 3.69. The molecule has 158 valence electrons. The number of hydrogen-bond acceptors (Lipinski definition) is 2. The largest absolute Gasteiger partial charge is 0.381 e. The van der Waals surface area contributed by atoms with Crippen molar-refractivity contribution in [2.24, 2.45) is 4.99 Å². The van der Waals surface area contributed by atoms with Crippen LogP contribution in [0.3, 0.4) is 0 Å². The second kappa shape index (κ2) is 13.1. The monoisotopic (exact) mass is 503 g/mol. The Kier molecular flexibility index (Phi) is 11.7. The van der Waals surface area contributed by atoms with Gasteiger partial charge in [0.1, 0.15) is 5.82 Å². The summed E-state index contributed by atoms with van der Waals surface area (Å²) in [6, 6.07) is 6.93. The minimum Gasteiger partial charge on any atom is -0.381 e. The van der Waals surface area contributed by atoms with Crippen molar-refractivity contribution in [2.75, 3.05) is 40.4 Å². The van der Waals surface area contributed by atoms with E-state index in [9.17, 15) is 4.39 Å². The van der Waals surface area contributed by atoms with Gasteiger partial charge >= 0.3 is 0 Å². The summed E-state index contributed by atoms with van der Waals surface area (Å²) in [5, 5.41) is 3.56. The maximum Gasteiger partial charge on any atom is 0.193 e. The molecule has 0 spiro atoms. The fraction of sp³-hybridized carbons (Fsp3) is 0.591. The van der Waals surface area contributed by atoms with E-state index in [1.54, 1.807) is 12.1 Å². The number of hydrogen-bond donors (Lipinski definition) is 1. The van der Waals surface area contributed by atoms with Gasteiger partial charge in [0.25, 0.3) is 0 Å². The molecular weight excluding hydrogens is 468 g/mol. The second-order valence-electron chi connectivity index (χ2n) is 7.36. The zero-order chi connectivity index (χ0) is 19.5. The van der Waals surface area contributed by atoms with Crippen LogP contribution in [0.4, 0.5) is 4.39 Å². The molecule has 0 aromatic heterocycles. The highest BCUT2D eigenvalue weighted by Gasteiger charge is 2.34. The third-order valence-corrected chi connectivity index (χ3v) is 5.47. The van der Waals surface area contributed by atoms with Crippen LogP contribution in [-0.2, 0) is 10.2 Å². The van der Waals surface area contributed by atoms with Crippen LogP contribution < -0.4 is 5.32 Å². The van der Waals surface area contributed by atoms with Gasteiger partial charge in [0, 0.05) is 45.8 Å². The number of benzene rings is 1. The van der Waals surface area contributed by atoms with Gasteiger partial charge in [-0.2, -0.15) is 0 Å². The van der Waals surface area contributed by atoms with Crippen molar-refractivity contribution in [2.45, 2.75) is 43.9 Å². The summed E-state index contributed by atoms with van der Waals surface area (Å²) in [5.41, 5.74) is 1.12. The van der Waals surface area contributed by atoms with E-state index < -0.39 is 0 Å². The highest BCUT2D eigenvalue weighted by Crippen LogP contribution is 2.34. The van der Waals surface area contributed by atoms with Crippen LogP contribution in [0, 0.1) is 5.82 Å². The average Bonchev–Trinajstić information content (AvgIpc) is 2.69. The molecule has 1 aromatic carbocycles. The van der Waals surface area contributed by atoms with Crippen molar-refractivity contribution in [3.8, 4) is 0 Å². The number of ether oxygens (including phenoxy) is 1. The lowest BCUT2D eigenvalue weighted by Crippen LogP contribution is -2.48. The molecule has 2 rings (SSSR count). The van der Waals surface area contributed by atoms with Gasteiger partial charge in [0.05, 0.1) is 0 Å². The maximum atomic E-state index is 13.4. The second-order valence-corrected chi connectivity index (χ2v) is 7.36. The van der Waals surface area contributed by atoms with Crippen LogP contribution in [0.5, 0.6) is 0 Å². The highest BCUT2D eigenvalue weighted by atomic mass is 127. The number of aliphatic imine (C=N–C) groups is 1. The van der Waals surface area contributed by atoms with Gasteiger partial charge in [-0.15, -0.1) is 30.6 Å². The Morgan fingerprint density at radius 2 is 1.93 bits per heavy atom. The molecule has 1 aromatic rings. The Hall–Kier alpha value is -1.15. The minimum atomic E-state index is -0.194. The van der Waals surface area contributed by atoms with Gasteiger partial charge in [-0.1, -0.05) is 24.6 Å². The smallest absolute Gasteiger partial charge is 0.193 e. The Balaban J connectivity index is 0.00000392. The quantitative estimate of drug-likeness (QED) is 0.174. The first kappa shape index (κ1) is 24.9. The molecule has 0 aliphatic carbocycles. The number of nitrogens with one attached hydrogen (secondary N) is 1. The van der Waals surface area contributed by atoms with Crippen molar-refractivity contribution in [1.29, 1.82) is 0 Å². The van der Waals surface area contributed by atoms with E-state index in [1.807, 2.05) is 25.3 Å². The van der Waals surface area contributed by atoms with E-state index in [1.165, 1.54) is 18.4 Å². The van der Waals surface area contributed by atoms with Gasteiger partial charge in [-0.25, -0.2) is 4.39 Å². The van der Waals surface area contributed by atoms with E-state index >= 15 is 0 Å². The molecule has 0 saturated carbocycles. The zero-order valence-electron chi connectivity index (χ0n) is 17.3. The number of nitrogens with zero attached hydrogens (tertiary/aromatic N) is 2. The van der Waals surface area contributed by atoms with Crippen LogP contribution in [0.15, 0.2) is 41.9 Å². The van der Waals surface area contributed by atoms with E-state index in [0.717, 1.165) is 57.9 Å². The van der Waals surface area contributed by atoms with E-state index in [-0.39, 0.29) is 35.2 Å². The number of guanidine groups is 1. The molecule has 0 unspecified atom stereocenters. The van der Waals surface area contributed by atoms with Crippen molar-refractivity contribution in [3.63, 3.8) is 0 Å². The number of allylic oxidation sites excluding steroid dienone is 1. The van der Waals surface area contributed by atoms with Crippen LogP contribution in [0.1, 0.15) is 44.1 Å². The Morgan fingerprint density at radius 3 is 2.54 bits per heavy atom. The van der Waals surface area contributed by atoms with Gasteiger partial charge in [-0.05, 0) is 49.8 Å². The van der Waals surface area contributed by atoms with E-state index in [2.05, 4.69) is 28.8 Å². The van der Waals surface area contributed by atoms with Crippen molar-refractivity contribution in [1.82, 2.24) is 10.2 Å². The van der Waals surface area contributed by atoms with Gasteiger partial charge < -0.3 is 15.0 Å². The standard InChI is InChI=1S/C22H34FN3O.HI/c1-4-5-6-7-8-15-26(3)21(24-2)25-18-22(13-16-27-17-14-22)19-9-11-20(23)12-10-19;/h4,9-12H,1,5-8,13-18H2,2-3H3,(H,24,25);1H. The molecule has 4 nitrogen and oxygen atoms in total. The molecule has 1 aliphatic rings. The lowest BCUT2D eigenvalue weighted by atomic mass is 9.74. The third-order valence-electron chi connectivity index (χ3n) is 5.47. The summed E-state index contributed by atoms with van der Waals surface area (Å²) in [6.45, 7) is 6.99. The molecule has 0 atom stereocenters. The Bertz CT molecular complexity index is 600. The van der Waals surface area contributed by atoms with Crippen LogP contribution in [0.2, 0.25) is 0 Å². The average molecular weight is 503 g/mol. The Morgan fingerprint density at radius 1 is 1.25 bits per heavy atom. The number of unbranched alkanes of at least 4 members (excludes halogenated alkanes) is 3.